The zero-order valence-corrected chi connectivity index (χ0v) is 7.70. The van der Waals surface area contributed by atoms with Crippen LogP contribution in [-0.4, -0.2) is 6.18 Å². The number of halogens is 5. The number of hydrogen-bond donors (Lipinski definition) is 1. The van der Waals surface area contributed by atoms with Crippen LogP contribution in [0.4, 0.5) is 27.6 Å². The van der Waals surface area contributed by atoms with Crippen molar-refractivity contribution in [3.05, 3.63) is 29.3 Å². The molecule has 6 heteroatoms. The fraction of sp³-hybridized carbons (Fsp3) is 0.333. The minimum atomic E-state index is -5.61. The lowest BCUT2D eigenvalue weighted by Gasteiger charge is -2.22. The van der Waals surface area contributed by atoms with Crippen LogP contribution in [0, 0.1) is 6.92 Å². The van der Waals surface area contributed by atoms with Gasteiger partial charge in [0.2, 0.25) is 0 Å². The molecule has 0 saturated heterocycles. The van der Waals surface area contributed by atoms with Gasteiger partial charge in [0.25, 0.3) is 0 Å². The quantitative estimate of drug-likeness (QED) is 0.576. The summed E-state index contributed by atoms with van der Waals surface area (Å²) in [5.41, 5.74) is 3.82. The third-order valence-electron chi connectivity index (χ3n) is 2.07. The molecule has 0 unspecified atom stereocenters. The number of hydrogen-bond acceptors (Lipinski definition) is 1. The molecular weight excluding hydrogens is 217 g/mol. The SMILES string of the molecule is Cc1c(N)cccc1C(F)(F)C(F)(F)F. The highest BCUT2D eigenvalue weighted by Crippen LogP contribution is 2.45. The van der Waals surface area contributed by atoms with Crippen LogP contribution < -0.4 is 5.73 Å². The topological polar surface area (TPSA) is 26.0 Å². The summed E-state index contributed by atoms with van der Waals surface area (Å²) in [4.78, 5) is 0. The Labute approximate surface area is 82.7 Å². The van der Waals surface area contributed by atoms with Crippen LogP contribution in [0.1, 0.15) is 11.1 Å². The van der Waals surface area contributed by atoms with Crippen LogP contribution in [-0.2, 0) is 5.92 Å². The maximum absolute atomic E-state index is 12.9. The van der Waals surface area contributed by atoms with Gasteiger partial charge >= 0.3 is 12.1 Å². The Morgan fingerprint density at radius 1 is 1.07 bits per heavy atom. The number of benzene rings is 1. The van der Waals surface area contributed by atoms with Gasteiger partial charge in [0.15, 0.2) is 0 Å². The minimum Gasteiger partial charge on any atom is -0.399 e. The summed E-state index contributed by atoms with van der Waals surface area (Å²) >= 11 is 0. The highest BCUT2D eigenvalue weighted by Gasteiger charge is 2.59. The summed E-state index contributed by atoms with van der Waals surface area (Å²) in [6.07, 6.45) is -5.61. The Bertz CT molecular complexity index is 369. The summed E-state index contributed by atoms with van der Waals surface area (Å²) in [5, 5.41) is 0. The summed E-state index contributed by atoms with van der Waals surface area (Å²) in [7, 11) is 0. The van der Waals surface area contributed by atoms with E-state index in [1.807, 2.05) is 0 Å². The smallest absolute Gasteiger partial charge is 0.399 e. The number of nitrogens with two attached hydrogens (primary N) is 1. The van der Waals surface area contributed by atoms with E-state index in [-0.39, 0.29) is 11.3 Å². The van der Waals surface area contributed by atoms with E-state index in [2.05, 4.69) is 0 Å². The Morgan fingerprint density at radius 3 is 2.07 bits per heavy atom. The number of anilines is 1. The summed E-state index contributed by atoms with van der Waals surface area (Å²) in [5.74, 6) is -4.87. The highest BCUT2D eigenvalue weighted by molar-refractivity contribution is 5.51. The molecule has 0 aromatic heterocycles. The maximum Gasteiger partial charge on any atom is 0.458 e. The first kappa shape index (κ1) is 11.7. The number of nitrogen functional groups attached to an aromatic ring is 1. The molecule has 0 saturated carbocycles. The van der Waals surface area contributed by atoms with E-state index in [9.17, 15) is 22.0 Å². The van der Waals surface area contributed by atoms with E-state index in [0.717, 1.165) is 19.1 Å². The van der Waals surface area contributed by atoms with Crippen molar-refractivity contribution in [2.75, 3.05) is 5.73 Å². The van der Waals surface area contributed by atoms with Crippen molar-refractivity contribution in [1.29, 1.82) is 0 Å². The van der Waals surface area contributed by atoms with E-state index < -0.39 is 17.7 Å². The van der Waals surface area contributed by atoms with Crippen molar-refractivity contribution in [3.8, 4) is 0 Å². The van der Waals surface area contributed by atoms with E-state index in [4.69, 9.17) is 5.73 Å². The lowest BCUT2D eigenvalue weighted by molar-refractivity contribution is -0.289. The molecule has 0 amide bonds. The molecule has 0 aliphatic carbocycles. The fourth-order valence-corrected chi connectivity index (χ4v) is 1.15. The van der Waals surface area contributed by atoms with Crippen molar-refractivity contribution >= 4 is 5.69 Å². The van der Waals surface area contributed by atoms with Gasteiger partial charge in [0.1, 0.15) is 0 Å². The van der Waals surface area contributed by atoms with Gasteiger partial charge in [0.05, 0.1) is 0 Å². The van der Waals surface area contributed by atoms with E-state index in [1.165, 1.54) is 6.07 Å². The Balaban J connectivity index is 3.34. The molecule has 0 spiro atoms. The molecular formula is C9H8F5N. The summed E-state index contributed by atoms with van der Waals surface area (Å²) in [6, 6.07) is 3.06. The largest absolute Gasteiger partial charge is 0.458 e. The molecule has 2 N–H and O–H groups in total. The molecule has 0 heterocycles. The summed E-state index contributed by atoms with van der Waals surface area (Å²) in [6.45, 7) is 1.13. The third-order valence-corrected chi connectivity index (χ3v) is 2.07. The van der Waals surface area contributed by atoms with Gasteiger partial charge in [-0.2, -0.15) is 22.0 Å². The van der Waals surface area contributed by atoms with Gasteiger partial charge in [-0.25, -0.2) is 0 Å². The van der Waals surface area contributed by atoms with Crippen LogP contribution in [0.15, 0.2) is 18.2 Å². The molecule has 0 fully saturated rings. The number of rotatable bonds is 1. The molecule has 0 aliphatic rings. The maximum atomic E-state index is 12.9. The van der Waals surface area contributed by atoms with Crippen LogP contribution in [0.25, 0.3) is 0 Å². The predicted octanol–water partition coefficient (Wildman–Crippen LogP) is 3.23. The molecule has 1 aromatic rings. The third kappa shape index (κ3) is 1.88. The van der Waals surface area contributed by atoms with Gasteiger partial charge in [-0.1, -0.05) is 12.1 Å². The van der Waals surface area contributed by atoms with Gasteiger partial charge < -0.3 is 5.73 Å². The molecule has 1 aromatic carbocycles. The fourth-order valence-electron chi connectivity index (χ4n) is 1.15. The normalized spacial score (nSPS) is 12.9. The van der Waals surface area contributed by atoms with E-state index >= 15 is 0 Å². The number of alkyl halides is 5. The van der Waals surface area contributed by atoms with Crippen LogP contribution in [0.3, 0.4) is 0 Å². The van der Waals surface area contributed by atoms with Crippen LogP contribution in [0.2, 0.25) is 0 Å². The second-order valence-electron chi connectivity index (χ2n) is 3.09. The van der Waals surface area contributed by atoms with Crippen molar-refractivity contribution < 1.29 is 22.0 Å². The first-order chi connectivity index (χ1) is 6.68. The van der Waals surface area contributed by atoms with Crippen molar-refractivity contribution in [2.45, 2.75) is 19.0 Å². The van der Waals surface area contributed by atoms with E-state index in [1.54, 1.807) is 0 Å². The standard InChI is InChI=1S/C9H8F5N/c1-5-6(3-2-4-7(5)15)8(10,11)9(12,13)14/h2-4H,15H2,1H3. The monoisotopic (exact) mass is 225 g/mol. The molecule has 1 rings (SSSR count). The van der Waals surface area contributed by atoms with Crippen LogP contribution in [0.5, 0.6) is 0 Å². The van der Waals surface area contributed by atoms with Crippen molar-refractivity contribution in [2.24, 2.45) is 0 Å². The molecule has 1 nitrogen and oxygen atoms in total. The molecule has 0 bridgehead atoms. The second-order valence-corrected chi connectivity index (χ2v) is 3.09. The molecule has 0 atom stereocenters. The lowest BCUT2D eigenvalue weighted by Crippen LogP contribution is -2.34. The van der Waals surface area contributed by atoms with Crippen molar-refractivity contribution in [3.63, 3.8) is 0 Å². The van der Waals surface area contributed by atoms with Gasteiger partial charge in [-0.15, -0.1) is 0 Å². The Kier molecular flexibility index (Phi) is 2.63. The second kappa shape index (κ2) is 3.36. The average Bonchev–Trinajstić information content (AvgIpc) is 2.07. The lowest BCUT2D eigenvalue weighted by atomic mass is 10.0. The average molecular weight is 225 g/mol. The first-order valence-electron chi connectivity index (χ1n) is 3.98. The van der Waals surface area contributed by atoms with Crippen molar-refractivity contribution in [1.82, 2.24) is 0 Å². The molecule has 15 heavy (non-hydrogen) atoms. The molecule has 0 aliphatic heterocycles. The van der Waals surface area contributed by atoms with Gasteiger partial charge in [-0.3, -0.25) is 0 Å². The highest BCUT2D eigenvalue weighted by atomic mass is 19.4. The minimum absolute atomic E-state index is 0.0866. The zero-order chi connectivity index (χ0) is 11.9. The Morgan fingerprint density at radius 2 is 1.60 bits per heavy atom. The van der Waals surface area contributed by atoms with E-state index in [0.29, 0.717) is 0 Å². The molecule has 0 radical (unpaired) electrons. The zero-order valence-electron chi connectivity index (χ0n) is 7.70. The summed E-state index contributed by atoms with van der Waals surface area (Å²) < 4.78 is 62.0. The van der Waals surface area contributed by atoms with Crippen LogP contribution >= 0.6 is 0 Å². The Hall–Kier alpha value is -1.33. The predicted molar refractivity (Wildman–Crippen MR) is 45.5 cm³/mol. The molecule has 84 valence electrons. The first-order valence-corrected chi connectivity index (χ1v) is 3.98. The van der Waals surface area contributed by atoms with Gasteiger partial charge in [0, 0.05) is 11.3 Å². The van der Waals surface area contributed by atoms with Gasteiger partial charge in [-0.05, 0) is 18.6 Å².